The molecular weight excluding hydrogens is 340 g/mol. The van der Waals surface area contributed by atoms with Crippen molar-refractivity contribution in [2.45, 2.75) is 13.8 Å². The second kappa shape index (κ2) is 8.53. The summed E-state index contributed by atoms with van der Waals surface area (Å²) < 4.78 is 5.07. The number of rotatable bonds is 6. The van der Waals surface area contributed by atoms with Crippen LogP contribution in [-0.4, -0.2) is 32.0 Å². The second-order valence-electron chi connectivity index (χ2n) is 5.54. The van der Waals surface area contributed by atoms with E-state index in [0.717, 1.165) is 11.3 Å². The van der Waals surface area contributed by atoms with Gasteiger partial charge in [0.2, 0.25) is 5.91 Å². The highest BCUT2D eigenvalue weighted by Gasteiger charge is 2.15. The lowest BCUT2D eigenvalue weighted by atomic mass is 10.1. The van der Waals surface area contributed by atoms with Crippen LogP contribution in [0.5, 0.6) is 5.75 Å². The molecule has 0 bridgehead atoms. The van der Waals surface area contributed by atoms with Crippen molar-refractivity contribution in [3.05, 3.63) is 58.6 Å². The number of amides is 2. The lowest BCUT2D eigenvalue weighted by Gasteiger charge is -2.23. The SMILES string of the molecule is COc1ccc(C(=O)NCCN(C(C)=O)c2cccc(Cl)c2C)cc1. The molecule has 0 fully saturated rings. The van der Waals surface area contributed by atoms with Gasteiger partial charge in [0.1, 0.15) is 5.75 Å². The monoisotopic (exact) mass is 360 g/mol. The molecule has 0 aliphatic heterocycles. The number of nitrogens with one attached hydrogen (secondary N) is 1. The van der Waals surface area contributed by atoms with E-state index in [9.17, 15) is 9.59 Å². The van der Waals surface area contributed by atoms with Crippen LogP contribution in [0.3, 0.4) is 0 Å². The Kier molecular flexibility index (Phi) is 6.42. The maximum atomic E-state index is 12.2. The molecule has 0 heterocycles. The topological polar surface area (TPSA) is 58.6 Å². The van der Waals surface area contributed by atoms with Crippen molar-refractivity contribution in [2.75, 3.05) is 25.1 Å². The maximum Gasteiger partial charge on any atom is 0.251 e. The molecule has 0 radical (unpaired) electrons. The van der Waals surface area contributed by atoms with Gasteiger partial charge in [0.25, 0.3) is 5.91 Å². The Hall–Kier alpha value is -2.53. The lowest BCUT2D eigenvalue weighted by molar-refractivity contribution is -0.116. The smallest absolute Gasteiger partial charge is 0.251 e. The first-order valence-electron chi connectivity index (χ1n) is 7.89. The lowest BCUT2D eigenvalue weighted by Crippen LogP contribution is -2.38. The molecule has 2 aromatic carbocycles. The van der Waals surface area contributed by atoms with E-state index in [0.29, 0.717) is 29.4 Å². The molecular formula is C19H21ClN2O3. The summed E-state index contributed by atoms with van der Waals surface area (Å²) in [6.07, 6.45) is 0. The van der Waals surface area contributed by atoms with Gasteiger partial charge >= 0.3 is 0 Å². The molecule has 0 spiro atoms. The Bertz CT molecular complexity index is 760. The summed E-state index contributed by atoms with van der Waals surface area (Å²) in [5.41, 5.74) is 2.12. The molecule has 0 saturated carbocycles. The van der Waals surface area contributed by atoms with E-state index in [1.807, 2.05) is 13.0 Å². The summed E-state index contributed by atoms with van der Waals surface area (Å²) >= 11 is 6.13. The van der Waals surface area contributed by atoms with Gasteiger partial charge in [0, 0.05) is 36.3 Å². The van der Waals surface area contributed by atoms with Gasteiger partial charge in [0.15, 0.2) is 0 Å². The van der Waals surface area contributed by atoms with Crippen LogP contribution >= 0.6 is 11.6 Å². The summed E-state index contributed by atoms with van der Waals surface area (Å²) in [4.78, 5) is 25.8. The number of hydrogen-bond donors (Lipinski definition) is 1. The third-order valence-corrected chi connectivity index (χ3v) is 4.29. The van der Waals surface area contributed by atoms with Crippen molar-refractivity contribution in [2.24, 2.45) is 0 Å². The number of halogens is 1. The van der Waals surface area contributed by atoms with E-state index in [4.69, 9.17) is 16.3 Å². The van der Waals surface area contributed by atoms with E-state index in [1.54, 1.807) is 48.4 Å². The van der Waals surface area contributed by atoms with E-state index in [2.05, 4.69) is 5.32 Å². The van der Waals surface area contributed by atoms with Crippen LogP contribution in [0.25, 0.3) is 0 Å². The molecule has 5 nitrogen and oxygen atoms in total. The average Bonchev–Trinajstić information content (AvgIpc) is 2.61. The molecule has 0 aliphatic carbocycles. The van der Waals surface area contributed by atoms with Crippen molar-refractivity contribution >= 4 is 29.1 Å². The first-order valence-corrected chi connectivity index (χ1v) is 8.27. The Morgan fingerprint density at radius 2 is 1.84 bits per heavy atom. The number of carbonyl (C=O) groups is 2. The van der Waals surface area contributed by atoms with Crippen LogP contribution in [0.4, 0.5) is 5.69 Å². The number of anilines is 1. The normalized spacial score (nSPS) is 10.2. The van der Waals surface area contributed by atoms with Gasteiger partial charge in [-0.05, 0) is 48.9 Å². The number of benzene rings is 2. The molecule has 0 aromatic heterocycles. The summed E-state index contributed by atoms with van der Waals surface area (Å²) in [6, 6.07) is 12.3. The molecule has 0 aliphatic rings. The standard InChI is InChI=1S/C19H21ClN2O3/c1-13-17(20)5-4-6-18(13)22(14(2)23)12-11-21-19(24)15-7-9-16(25-3)10-8-15/h4-10H,11-12H2,1-3H3,(H,21,24). The number of methoxy groups -OCH3 is 1. The van der Waals surface area contributed by atoms with Crippen LogP contribution in [0.15, 0.2) is 42.5 Å². The molecule has 132 valence electrons. The molecule has 2 aromatic rings. The second-order valence-corrected chi connectivity index (χ2v) is 5.95. The highest BCUT2D eigenvalue weighted by Crippen LogP contribution is 2.26. The largest absolute Gasteiger partial charge is 0.497 e. The van der Waals surface area contributed by atoms with Gasteiger partial charge in [-0.2, -0.15) is 0 Å². The minimum absolute atomic E-state index is 0.107. The molecule has 1 N–H and O–H groups in total. The fourth-order valence-corrected chi connectivity index (χ4v) is 2.63. The summed E-state index contributed by atoms with van der Waals surface area (Å²) in [7, 11) is 1.57. The van der Waals surface area contributed by atoms with Crippen molar-refractivity contribution in [3.63, 3.8) is 0 Å². The third kappa shape index (κ3) is 4.73. The highest BCUT2D eigenvalue weighted by atomic mass is 35.5. The molecule has 6 heteroatoms. The Balaban J connectivity index is 2.00. The van der Waals surface area contributed by atoms with Crippen molar-refractivity contribution < 1.29 is 14.3 Å². The molecule has 2 amide bonds. The number of ether oxygens (including phenoxy) is 1. The number of carbonyl (C=O) groups excluding carboxylic acids is 2. The van der Waals surface area contributed by atoms with Crippen LogP contribution in [0.1, 0.15) is 22.8 Å². The first-order chi connectivity index (χ1) is 11.9. The van der Waals surface area contributed by atoms with Gasteiger partial charge in [0.05, 0.1) is 7.11 Å². The quantitative estimate of drug-likeness (QED) is 0.858. The summed E-state index contributed by atoms with van der Waals surface area (Å²) in [5.74, 6) is 0.383. The van der Waals surface area contributed by atoms with E-state index < -0.39 is 0 Å². The minimum Gasteiger partial charge on any atom is -0.497 e. The molecule has 0 unspecified atom stereocenters. The van der Waals surface area contributed by atoms with Gasteiger partial charge in [-0.3, -0.25) is 9.59 Å². The van der Waals surface area contributed by atoms with Gasteiger partial charge in [-0.25, -0.2) is 0 Å². The van der Waals surface area contributed by atoms with Crippen molar-refractivity contribution in [1.82, 2.24) is 5.32 Å². The predicted octanol–water partition coefficient (Wildman–Crippen LogP) is 3.44. The third-order valence-electron chi connectivity index (χ3n) is 3.88. The van der Waals surface area contributed by atoms with E-state index in [-0.39, 0.29) is 11.8 Å². The van der Waals surface area contributed by atoms with Crippen LogP contribution in [0.2, 0.25) is 5.02 Å². The molecule has 25 heavy (non-hydrogen) atoms. The van der Waals surface area contributed by atoms with Crippen molar-refractivity contribution in [3.8, 4) is 5.75 Å². The van der Waals surface area contributed by atoms with Crippen LogP contribution in [-0.2, 0) is 4.79 Å². The summed E-state index contributed by atoms with van der Waals surface area (Å²) in [6.45, 7) is 4.05. The molecule has 0 atom stereocenters. The van der Waals surface area contributed by atoms with Crippen molar-refractivity contribution in [1.29, 1.82) is 0 Å². The zero-order valence-electron chi connectivity index (χ0n) is 14.5. The highest BCUT2D eigenvalue weighted by molar-refractivity contribution is 6.31. The van der Waals surface area contributed by atoms with Crippen LogP contribution in [0, 0.1) is 6.92 Å². The number of nitrogens with zero attached hydrogens (tertiary/aromatic N) is 1. The van der Waals surface area contributed by atoms with E-state index >= 15 is 0 Å². The van der Waals surface area contributed by atoms with E-state index in [1.165, 1.54) is 6.92 Å². The maximum absolute atomic E-state index is 12.2. The fourth-order valence-electron chi connectivity index (χ4n) is 2.46. The summed E-state index contributed by atoms with van der Waals surface area (Å²) in [5, 5.41) is 3.42. The number of hydrogen-bond acceptors (Lipinski definition) is 3. The van der Waals surface area contributed by atoms with Gasteiger partial charge < -0.3 is 15.0 Å². The Morgan fingerprint density at radius 1 is 1.16 bits per heavy atom. The Labute approximate surface area is 152 Å². The zero-order valence-corrected chi connectivity index (χ0v) is 15.3. The molecule has 2 rings (SSSR count). The molecule has 0 saturated heterocycles. The fraction of sp³-hybridized carbons (Fsp3) is 0.263. The van der Waals surface area contributed by atoms with Gasteiger partial charge in [-0.1, -0.05) is 17.7 Å². The first kappa shape index (κ1) is 18.8. The minimum atomic E-state index is -0.200. The zero-order chi connectivity index (χ0) is 18.4. The average molecular weight is 361 g/mol. The van der Waals surface area contributed by atoms with Crippen LogP contribution < -0.4 is 15.0 Å². The Morgan fingerprint density at radius 3 is 2.44 bits per heavy atom. The predicted molar refractivity (Wildman–Crippen MR) is 99.5 cm³/mol. The van der Waals surface area contributed by atoms with Gasteiger partial charge in [-0.15, -0.1) is 0 Å².